The van der Waals surface area contributed by atoms with Crippen molar-refractivity contribution in [2.45, 2.75) is 116 Å². The average Bonchev–Trinajstić information content (AvgIpc) is 3.01. The standard InChI is InChI=1S/C40H51/c1-5-9-20-32-24-18-25-33(21-10-6-2)38(32)37-30-16-17-31-40(37,36-28-14-13-15-29-36)39-34(22-11-7-3)26-19-27-35(39)23-12-8-4/h13-19,24-29,31,37H,5-12,20-23H2,1-4H3. The predicted molar refractivity (Wildman–Crippen MR) is 174 cm³/mol. The van der Waals surface area contributed by atoms with Crippen LogP contribution in [0.15, 0.2) is 85.0 Å². The third kappa shape index (κ3) is 6.54. The lowest BCUT2D eigenvalue weighted by Crippen LogP contribution is -2.37. The minimum atomic E-state index is -0.285. The minimum absolute atomic E-state index is 0.142. The van der Waals surface area contributed by atoms with Gasteiger partial charge < -0.3 is 0 Å². The third-order valence-corrected chi connectivity index (χ3v) is 8.85. The average molecular weight is 532 g/mol. The van der Waals surface area contributed by atoms with Crippen LogP contribution in [0.3, 0.4) is 0 Å². The van der Waals surface area contributed by atoms with E-state index in [0.717, 1.165) is 25.7 Å². The second-order valence-electron chi connectivity index (χ2n) is 11.7. The molecule has 0 nitrogen and oxygen atoms in total. The summed E-state index contributed by atoms with van der Waals surface area (Å²) in [6.45, 7) is 9.26. The van der Waals surface area contributed by atoms with E-state index >= 15 is 0 Å². The molecule has 1 aliphatic carbocycles. The molecule has 40 heavy (non-hydrogen) atoms. The molecule has 3 aromatic carbocycles. The number of benzene rings is 3. The van der Waals surface area contributed by atoms with Gasteiger partial charge in [-0.1, -0.05) is 138 Å². The van der Waals surface area contributed by atoms with Gasteiger partial charge in [-0.2, -0.15) is 0 Å². The van der Waals surface area contributed by atoms with E-state index in [-0.39, 0.29) is 11.3 Å². The summed E-state index contributed by atoms with van der Waals surface area (Å²) in [5.41, 5.74) is 10.3. The molecule has 0 heteroatoms. The summed E-state index contributed by atoms with van der Waals surface area (Å²) >= 11 is 0. The molecular formula is C40H51. The van der Waals surface area contributed by atoms with E-state index in [2.05, 4.69) is 119 Å². The van der Waals surface area contributed by atoms with Gasteiger partial charge in [0.1, 0.15) is 0 Å². The summed E-state index contributed by atoms with van der Waals surface area (Å²) in [5.74, 6) is 0.142. The van der Waals surface area contributed by atoms with Crippen LogP contribution in [0.2, 0.25) is 0 Å². The molecule has 2 unspecified atom stereocenters. The molecule has 0 amide bonds. The fourth-order valence-electron chi connectivity index (χ4n) is 6.78. The summed E-state index contributed by atoms with van der Waals surface area (Å²) in [6, 6.07) is 25.7. The van der Waals surface area contributed by atoms with Crippen molar-refractivity contribution in [3.8, 4) is 0 Å². The second kappa shape index (κ2) is 15.2. The first kappa shape index (κ1) is 30.1. The first-order chi connectivity index (χ1) is 19.7. The zero-order chi connectivity index (χ0) is 28.2. The lowest BCUT2D eigenvalue weighted by Gasteiger charge is -2.44. The Morgan fingerprint density at radius 1 is 0.575 bits per heavy atom. The fraction of sp³-hybridized carbons (Fsp3) is 0.450. The maximum Gasteiger partial charge on any atom is 0.0499 e. The van der Waals surface area contributed by atoms with Crippen LogP contribution in [-0.4, -0.2) is 0 Å². The van der Waals surface area contributed by atoms with Gasteiger partial charge in [-0.25, -0.2) is 0 Å². The van der Waals surface area contributed by atoms with Gasteiger partial charge >= 0.3 is 0 Å². The van der Waals surface area contributed by atoms with Crippen LogP contribution in [-0.2, 0) is 31.1 Å². The van der Waals surface area contributed by atoms with Gasteiger partial charge in [-0.3, -0.25) is 0 Å². The Balaban J connectivity index is 2.06. The van der Waals surface area contributed by atoms with E-state index < -0.39 is 0 Å². The Morgan fingerprint density at radius 2 is 1.05 bits per heavy atom. The number of rotatable bonds is 15. The minimum Gasteiger partial charge on any atom is -0.0686 e. The van der Waals surface area contributed by atoms with Crippen LogP contribution < -0.4 is 0 Å². The lowest BCUT2D eigenvalue weighted by molar-refractivity contribution is 0.531. The first-order valence-corrected chi connectivity index (χ1v) is 16.3. The molecule has 1 aliphatic rings. The number of allylic oxidation sites excluding steroid dienone is 4. The molecule has 1 radical (unpaired) electrons. The highest BCUT2D eigenvalue weighted by Gasteiger charge is 2.44. The van der Waals surface area contributed by atoms with Gasteiger partial charge in [0, 0.05) is 11.3 Å². The molecule has 0 spiro atoms. The van der Waals surface area contributed by atoms with E-state index in [1.165, 1.54) is 79.2 Å². The highest BCUT2D eigenvalue weighted by atomic mass is 14.5. The van der Waals surface area contributed by atoms with Crippen molar-refractivity contribution in [1.82, 2.24) is 0 Å². The Kier molecular flexibility index (Phi) is 11.5. The predicted octanol–water partition coefficient (Wildman–Crippen LogP) is 11.1. The zero-order valence-electron chi connectivity index (χ0n) is 25.6. The quantitative estimate of drug-likeness (QED) is 0.183. The Morgan fingerprint density at radius 3 is 1.55 bits per heavy atom. The van der Waals surface area contributed by atoms with Crippen LogP contribution in [0.1, 0.15) is 124 Å². The molecule has 0 aromatic heterocycles. The molecule has 0 fully saturated rings. The SMILES string of the molecule is CCCCc1cccc(CCCC)c1C1[C]=CC=CC1(c1ccccc1)c1c(CCCC)cccc1CCCC. The highest BCUT2D eigenvalue weighted by molar-refractivity contribution is 5.60. The number of aryl methyl sites for hydroxylation is 4. The van der Waals surface area contributed by atoms with E-state index in [4.69, 9.17) is 0 Å². The van der Waals surface area contributed by atoms with Crippen molar-refractivity contribution >= 4 is 0 Å². The summed E-state index contributed by atoms with van der Waals surface area (Å²) in [5, 5.41) is 0. The molecule has 3 aromatic rings. The van der Waals surface area contributed by atoms with Gasteiger partial charge in [0.2, 0.25) is 0 Å². The fourth-order valence-corrected chi connectivity index (χ4v) is 6.78. The normalized spacial score (nSPS) is 18.4. The van der Waals surface area contributed by atoms with Gasteiger partial charge in [0.25, 0.3) is 0 Å². The van der Waals surface area contributed by atoms with Gasteiger partial charge in [0.05, 0.1) is 0 Å². The number of hydrogen-bond donors (Lipinski definition) is 0. The van der Waals surface area contributed by atoms with Crippen LogP contribution in [0, 0.1) is 6.08 Å². The molecule has 0 saturated carbocycles. The molecule has 4 rings (SSSR count). The van der Waals surface area contributed by atoms with Gasteiger partial charge in [0.15, 0.2) is 0 Å². The highest BCUT2D eigenvalue weighted by Crippen LogP contribution is 2.52. The Labute approximate surface area is 245 Å². The van der Waals surface area contributed by atoms with E-state index in [0.29, 0.717) is 0 Å². The molecule has 0 bridgehead atoms. The molecular weight excluding hydrogens is 480 g/mol. The maximum atomic E-state index is 4.01. The van der Waals surface area contributed by atoms with Crippen molar-refractivity contribution in [2.24, 2.45) is 0 Å². The molecule has 0 N–H and O–H groups in total. The zero-order valence-corrected chi connectivity index (χ0v) is 25.6. The van der Waals surface area contributed by atoms with E-state index in [1.807, 2.05) is 0 Å². The van der Waals surface area contributed by atoms with E-state index in [9.17, 15) is 0 Å². The monoisotopic (exact) mass is 531 g/mol. The molecule has 2 atom stereocenters. The topological polar surface area (TPSA) is 0 Å². The number of unbranched alkanes of at least 4 members (excludes halogenated alkanes) is 4. The summed E-state index contributed by atoms with van der Waals surface area (Å²) in [4.78, 5) is 0. The van der Waals surface area contributed by atoms with Crippen molar-refractivity contribution in [2.75, 3.05) is 0 Å². The second-order valence-corrected chi connectivity index (χ2v) is 11.7. The maximum absolute atomic E-state index is 4.01. The largest absolute Gasteiger partial charge is 0.0686 e. The van der Waals surface area contributed by atoms with Crippen molar-refractivity contribution < 1.29 is 0 Å². The summed E-state index contributed by atoms with van der Waals surface area (Å²) in [6.07, 6.45) is 25.3. The smallest absolute Gasteiger partial charge is 0.0499 e. The van der Waals surface area contributed by atoms with E-state index in [1.54, 1.807) is 11.1 Å². The van der Waals surface area contributed by atoms with Crippen LogP contribution in [0.5, 0.6) is 0 Å². The Hall–Kier alpha value is -2.86. The Bertz CT molecular complexity index is 1190. The summed E-state index contributed by atoms with van der Waals surface area (Å²) < 4.78 is 0. The molecule has 211 valence electrons. The van der Waals surface area contributed by atoms with Crippen LogP contribution >= 0.6 is 0 Å². The van der Waals surface area contributed by atoms with Crippen molar-refractivity contribution in [3.63, 3.8) is 0 Å². The van der Waals surface area contributed by atoms with Gasteiger partial charge in [-0.05, 0) is 96.4 Å². The van der Waals surface area contributed by atoms with Gasteiger partial charge in [-0.15, -0.1) is 0 Å². The molecule has 0 saturated heterocycles. The molecule has 0 heterocycles. The third-order valence-electron chi connectivity index (χ3n) is 8.85. The molecule has 0 aliphatic heterocycles. The summed E-state index contributed by atoms with van der Waals surface area (Å²) in [7, 11) is 0. The van der Waals surface area contributed by atoms with Crippen LogP contribution in [0.25, 0.3) is 0 Å². The van der Waals surface area contributed by atoms with Crippen molar-refractivity contribution in [3.05, 3.63) is 130 Å². The lowest BCUT2D eigenvalue weighted by atomic mass is 9.58. The number of hydrogen-bond acceptors (Lipinski definition) is 0. The van der Waals surface area contributed by atoms with Crippen LogP contribution in [0.4, 0.5) is 0 Å². The first-order valence-electron chi connectivity index (χ1n) is 16.3. The van der Waals surface area contributed by atoms with Crippen molar-refractivity contribution in [1.29, 1.82) is 0 Å².